The van der Waals surface area contributed by atoms with Gasteiger partial charge in [0.25, 0.3) is 17.7 Å². The van der Waals surface area contributed by atoms with Gasteiger partial charge >= 0.3 is 5.97 Å². The number of nitrogens with zero attached hydrogens (tertiary/aromatic N) is 3. The second-order valence-corrected chi connectivity index (χ2v) is 17.0. The number of pyridine rings is 1. The Labute approximate surface area is 349 Å². The standard InChI is InChI=1S/C44H55N7O9/c1-44(2,3)49-43(58)35-22-29-14-7-8-15-30(29)24-50(35)25-36(59-26-40(55)60-51-38(53)19-20-39(51)54)33(21-27-11-5-4-6-12-27)47-42(57)34(23-37(45)52)48-41(56)32-18-17-28-13-9-10-16-31(28)46-32/h4-6,9-13,16-18,29-30,33-36H,7-8,14-15,19-26H2,1-3H3,(H2,45,52)(H,47,57)(H,48,56)(H,49,58)/t29-,30+,33-,34-,35-,36+/m0/s1. The fourth-order valence-electron chi connectivity index (χ4n) is 8.38. The summed E-state index contributed by atoms with van der Waals surface area (Å²) in [5, 5.41) is 10.0. The average molecular weight is 826 g/mol. The number of nitrogens with two attached hydrogens (primary N) is 1. The molecule has 2 saturated heterocycles. The maximum absolute atomic E-state index is 14.4. The first kappa shape index (κ1) is 43.8. The normalized spacial score (nSPS) is 21.1. The molecule has 1 aromatic heterocycles. The van der Waals surface area contributed by atoms with Gasteiger partial charge in [-0.15, -0.1) is 5.06 Å². The highest BCUT2D eigenvalue weighted by Crippen LogP contribution is 2.39. The second-order valence-electron chi connectivity index (χ2n) is 17.0. The molecule has 0 unspecified atom stereocenters. The number of para-hydroxylation sites is 1. The summed E-state index contributed by atoms with van der Waals surface area (Å²) in [4.78, 5) is 104. The fraction of sp³-hybridized carbons (Fsp3) is 0.500. The Hall–Kier alpha value is -5.74. The summed E-state index contributed by atoms with van der Waals surface area (Å²) >= 11 is 0. The summed E-state index contributed by atoms with van der Waals surface area (Å²) in [5.74, 6) is -4.08. The fourth-order valence-corrected chi connectivity index (χ4v) is 8.38. The van der Waals surface area contributed by atoms with Crippen molar-refractivity contribution in [2.24, 2.45) is 17.6 Å². The van der Waals surface area contributed by atoms with Crippen LogP contribution in [0, 0.1) is 11.8 Å². The van der Waals surface area contributed by atoms with Crippen LogP contribution < -0.4 is 21.7 Å². The number of ether oxygens (including phenoxy) is 1. The van der Waals surface area contributed by atoms with Crippen LogP contribution in [0.4, 0.5) is 0 Å². The van der Waals surface area contributed by atoms with Crippen LogP contribution in [0.2, 0.25) is 0 Å². The van der Waals surface area contributed by atoms with Gasteiger partial charge in [0.15, 0.2) is 0 Å². The minimum Gasteiger partial charge on any atom is -0.370 e. The van der Waals surface area contributed by atoms with Gasteiger partial charge in [-0.1, -0.05) is 73.9 Å². The van der Waals surface area contributed by atoms with E-state index < -0.39 is 78.3 Å². The lowest BCUT2D eigenvalue weighted by Crippen LogP contribution is -2.61. The monoisotopic (exact) mass is 825 g/mol. The molecule has 3 aliphatic rings. The third-order valence-corrected chi connectivity index (χ3v) is 11.3. The number of hydrogen-bond donors (Lipinski definition) is 4. The minimum absolute atomic E-state index is 0.0252. The minimum atomic E-state index is -1.43. The third-order valence-electron chi connectivity index (χ3n) is 11.3. The smallest absolute Gasteiger partial charge is 0.358 e. The molecule has 5 N–H and O–H groups in total. The van der Waals surface area contributed by atoms with Crippen molar-refractivity contribution in [2.75, 3.05) is 19.7 Å². The highest BCUT2D eigenvalue weighted by Gasteiger charge is 2.43. The number of hydroxylamine groups is 2. The van der Waals surface area contributed by atoms with Gasteiger partial charge in [-0.2, -0.15) is 0 Å². The van der Waals surface area contributed by atoms with Gasteiger partial charge in [0.05, 0.1) is 30.1 Å². The zero-order chi connectivity index (χ0) is 43.0. The number of amides is 6. The molecule has 2 aliphatic heterocycles. The van der Waals surface area contributed by atoms with E-state index in [1.165, 1.54) is 6.07 Å². The molecule has 3 heterocycles. The zero-order valence-corrected chi connectivity index (χ0v) is 34.4. The summed E-state index contributed by atoms with van der Waals surface area (Å²) in [5.41, 5.74) is 6.47. The van der Waals surface area contributed by atoms with E-state index in [1.807, 2.05) is 63.2 Å². The van der Waals surface area contributed by atoms with E-state index in [-0.39, 0.29) is 37.4 Å². The summed E-state index contributed by atoms with van der Waals surface area (Å²) in [6.45, 7) is 5.68. The van der Waals surface area contributed by atoms with Crippen LogP contribution in [0.5, 0.6) is 0 Å². The second kappa shape index (κ2) is 19.5. The van der Waals surface area contributed by atoms with Gasteiger partial charge in [-0.05, 0) is 69.6 Å². The number of likely N-dealkylation sites (tertiary alicyclic amines) is 1. The van der Waals surface area contributed by atoms with Crippen LogP contribution in [-0.2, 0) is 44.8 Å². The molecule has 1 saturated carbocycles. The summed E-state index contributed by atoms with van der Waals surface area (Å²) in [7, 11) is 0. The van der Waals surface area contributed by atoms with Crippen LogP contribution in [-0.4, -0.2) is 106 Å². The Morgan fingerprint density at radius 2 is 1.57 bits per heavy atom. The lowest BCUT2D eigenvalue weighted by molar-refractivity contribution is -0.201. The van der Waals surface area contributed by atoms with Crippen molar-refractivity contribution in [1.82, 2.24) is 30.9 Å². The molecule has 6 atom stereocenters. The quantitative estimate of drug-likeness (QED) is 0.154. The molecule has 60 heavy (non-hydrogen) atoms. The van der Waals surface area contributed by atoms with E-state index in [0.29, 0.717) is 35.4 Å². The first-order valence-corrected chi connectivity index (χ1v) is 20.7. The molecular formula is C44H55N7O9. The number of aromatic nitrogens is 1. The zero-order valence-electron chi connectivity index (χ0n) is 34.4. The van der Waals surface area contributed by atoms with E-state index in [9.17, 15) is 33.6 Å². The van der Waals surface area contributed by atoms with Crippen LogP contribution in [0.15, 0.2) is 66.7 Å². The van der Waals surface area contributed by atoms with Gasteiger partial charge in [-0.3, -0.25) is 33.7 Å². The topological polar surface area (TPSA) is 219 Å². The van der Waals surface area contributed by atoms with E-state index in [4.69, 9.17) is 15.3 Å². The molecule has 0 spiro atoms. The highest BCUT2D eigenvalue weighted by atomic mass is 16.7. The van der Waals surface area contributed by atoms with Crippen LogP contribution >= 0.6 is 0 Å². The van der Waals surface area contributed by atoms with E-state index in [1.54, 1.807) is 18.2 Å². The van der Waals surface area contributed by atoms with Gasteiger partial charge in [0.1, 0.15) is 18.3 Å². The van der Waals surface area contributed by atoms with Crippen molar-refractivity contribution < 1.29 is 43.1 Å². The molecule has 0 bridgehead atoms. The van der Waals surface area contributed by atoms with E-state index >= 15 is 0 Å². The van der Waals surface area contributed by atoms with Crippen LogP contribution in [0.3, 0.4) is 0 Å². The summed E-state index contributed by atoms with van der Waals surface area (Å²) < 4.78 is 6.34. The lowest BCUT2D eigenvalue weighted by atomic mass is 9.72. The van der Waals surface area contributed by atoms with Gasteiger partial charge in [0, 0.05) is 36.9 Å². The predicted molar refractivity (Wildman–Crippen MR) is 219 cm³/mol. The highest BCUT2D eigenvalue weighted by molar-refractivity contribution is 6.01. The molecule has 2 aromatic carbocycles. The number of imide groups is 1. The molecule has 3 aromatic rings. The number of benzene rings is 2. The largest absolute Gasteiger partial charge is 0.370 e. The molecule has 16 heteroatoms. The maximum atomic E-state index is 14.4. The van der Waals surface area contributed by atoms with Crippen molar-refractivity contribution >= 4 is 52.3 Å². The number of rotatable bonds is 16. The van der Waals surface area contributed by atoms with Gasteiger partial charge in [0.2, 0.25) is 17.7 Å². The van der Waals surface area contributed by atoms with Gasteiger partial charge < -0.3 is 31.3 Å². The van der Waals surface area contributed by atoms with Crippen molar-refractivity contribution in [3.8, 4) is 0 Å². The molecule has 16 nitrogen and oxygen atoms in total. The van der Waals surface area contributed by atoms with Crippen LogP contribution in [0.25, 0.3) is 10.9 Å². The molecule has 1 aliphatic carbocycles. The number of primary amides is 1. The van der Waals surface area contributed by atoms with E-state index in [2.05, 4.69) is 25.8 Å². The number of carbonyl (C=O) groups excluding carboxylic acids is 7. The SMILES string of the molecule is CC(C)(C)NC(=O)[C@@H]1C[C@@H]2CCCC[C@@H]2CN1C[C@@H](OCC(=O)ON1C(=O)CCC1=O)[C@H](Cc1ccccc1)NC(=O)[C@H](CC(N)=O)NC(=O)c1ccc2ccccc2n1. The molecule has 0 radical (unpaired) electrons. The van der Waals surface area contributed by atoms with Crippen molar-refractivity contribution in [3.05, 3.63) is 78.0 Å². The van der Waals surface area contributed by atoms with Crippen molar-refractivity contribution in [1.29, 1.82) is 0 Å². The first-order chi connectivity index (χ1) is 28.6. The Morgan fingerprint density at radius 1 is 0.883 bits per heavy atom. The summed E-state index contributed by atoms with van der Waals surface area (Å²) in [6, 6.07) is 16.8. The average Bonchev–Trinajstić information content (AvgIpc) is 3.52. The Kier molecular flexibility index (Phi) is 14.3. The first-order valence-electron chi connectivity index (χ1n) is 20.7. The van der Waals surface area contributed by atoms with Crippen LogP contribution in [0.1, 0.15) is 88.2 Å². The Bertz CT molecular complexity index is 2060. The Balaban J connectivity index is 1.31. The number of fused-ring (bicyclic) bond motifs is 2. The Morgan fingerprint density at radius 3 is 2.27 bits per heavy atom. The molecular weight excluding hydrogens is 771 g/mol. The number of carbonyl (C=O) groups is 7. The van der Waals surface area contributed by atoms with Gasteiger partial charge in [-0.25, -0.2) is 9.78 Å². The summed E-state index contributed by atoms with van der Waals surface area (Å²) in [6.07, 6.45) is 3.24. The molecule has 3 fully saturated rings. The third kappa shape index (κ3) is 11.7. The lowest BCUT2D eigenvalue weighted by Gasteiger charge is -2.47. The molecule has 6 amide bonds. The maximum Gasteiger partial charge on any atom is 0.358 e. The number of hydrogen-bond acceptors (Lipinski definition) is 11. The number of piperidine rings is 1. The molecule has 320 valence electrons. The molecule has 6 rings (SSSR count). The van der Waals surface area contributed by atoms with Crippen molar-refractivity contribution in [2.45, 2.75) is 108 Å². The predicted octanol–water partition coefficient (Wildman–Crippen LogP) is 2.72. The van der Waals surface area contributed by atoms with Crippen molar-refractivity contribution in [3.63, 3.8) is 0 Å². The number of nitrogens with one attached hydrogen (secondary N) is 3. The van der Waals surface area contributed by atoms with E-state index in [0.717, 1.165) is 36.6 Å².